The van der Waals surface area contributed by atoms with Crippen LogP contribution in [0.25, 0.3) is 0 Å². The van der Waals surface area contributed by atoms with Gasteiger partial charge in [0, 0.05) is 25.9 Å². The van der Waals surface area contributed by atoms with E-state index in [9.17, 15) is 9.18 Å². The Morgan fingerprint density at radius 1 is 1.56 bits per heavy atom. The number of carboxylic acid groups (broad SMARTS) is 1. The predicted octanol–water partition coefficient (Wildman–Crippen LogP) is 1.78. The summed E-state index contributed by atoms with van der Waals surface area (Å²) in [5, 5.41) is 8.85. The van der Waals surface area contributed by atoms with E-state index in [0.717, 1.165) is 6.07 Å². The normalized spacial score (nSPS) is 10.4. The van der Waals surface area contributed by atoms with Crippen molar-refractivity contribution in [1.29, 1.82) is 0 Å². The lowest BCUT2D eigenvalue weighted by Gasteiger charge is -2.22. The van der Waals surface area contributed by atoms with Gasteiger partial charge in [-0.2, -0.15) is 0 Å². The van der Waals surface area contributed by atoms with E-state index >= 15 is 0 Å². The average molecular weight is 256 g/mol. The Hall–Kier alpha value is -1.69. The molecule has 0 saturated carbocycles. The number of hydrogen-bond acceptors (Lipinski definition) is 4. The van der Waals surface area contributed by atoms with Gasteiger partial charge >= 0.3 is 5.97 Å². The molecule has 0 fully saturated rings. The molecule has 0 aliphatic carbocycles. The van der Waals surface area contributed by atoms with E-state index < -0.39 is 11.8 Å². The number of aromatic carboxylic acids is 1. The van der Waals surface area contributed by atoms with Gasteiger partial charge in [-0.25, -0.2) is 14.2 Å². The summed E-state index contributed by atoms with van der Waals surface area (Å²) in [7, 11) is 0. The van der Waals surface area contributed by atoms with Gasteiger partial charge in [0.2, 0.25) is 0 Å². The summed E-state index contributed by atoms with van der Waals surface area (Å²) >= 11 is 0. The molecule has 0 unspecified atom stereocenters. The molecule has 0 aromatic carbocycles. The standard InChI is InChI=1S/C12H17FN2O3/c1-3-15(7-8-18-4-2)11-10(13)9(12(16)17)5-6-14-11/h5-6H,3-4,7-8H2,1-2H3,(H,16,17). The smallest absolute Gasteiger partial charge is 0.338 e. The summed E-state index contributed by atoms with van der Waals surface area (Å²) in [6.07, 6.45) is 1.30. The molecule has 0 spiro atoms. The summed E-state index contributed by atoms with van der Waals surface area (Å²) < 4.78 is 19.1. The third-order valence-corrected chi connectivity index (χ3v) is 2.49. The van der Waals surface area contributed by atoms with Gasteiger partial charge in [-0.15, -0.1) is 0 Å². The molecule has 5 nitrogen and oxygen atoms in total. The maximum Gasteiger partial charge on any atom is 0.338 e. The van der Waals surface area contributed by atoms with Crippen LogP contribution in [0.2, 0.25) is 0 Å². The zero-order chi connectivity index (χ0) is 13.5. The minimum Gasteiger partial charge on any atom is -0.478 e. The number of pyridine rings is 1. The highest BCUT2D eigenvalue weighted by atomic mass is 19.1. The summed E-state index contributed by atoms with van der Waals surface area (Å²) in [4.78, 5) is 16.4. The van der Waals surface area contributed by atoms with Crippen molar-refractivity contribution in [1.82, 2.24) is 4.98 Å². The summed E-state index contributed by atoms with van der Waals surface area (Å²) in [6, 6.07) is 1.15. The average Bonchev–Trinajstić information content (AvgIpc) is 2.35. The quantitative estimate of drug-likeness (QED) is 0.753. The molecule has 100 valence electrons. The van der Waals surface area contributed by atoms with Crippen LogP contribution in [-0.4, -0.2) is 42.4 Å². The first-order valence-electron chi connectivity index (χ1n) is 5.82. The van der Waals surface area contributed by atoms with Gasteiger partial charge in [-0.05, 0) is 19.9 Å². The number of hydrogen-bond donors (Lipinski definition) is 1. The van der Waals surface area contributed by atoms with Gasteiger partial charge in [0.1, 0.15) is 5.56 Å². The highest BCUT2D eigenvalue weighted by Crippen LogP contribution is 2.19. The van der Waals surface area contributed by atoms with E-state index in [1.807, 2.05) is 13.8 Å². The Kier molecular flexibility index (Phi) is 5.51. The SMILES string of the molecule is CCOCCN(CC)c1nccc(C(=O)O)c1F. The summed E-state index contributed by atoms with van der Waals surface area (Å²) in [5.74, 6) is -2.04. The second-order valence-electron chi connectivity index (χ2n) is 3.58. The van der Waals surface area contributed by atoms with Crippen LogP contribution in [0, 0.1) is 5.82 Å². The molecule has 1 heterocycles. The van der Waals surface area contributed by atoms with Gasteiger partial charge < -0.3 is 14.7 Å². The van der Waals surface area contributed by atoms with Crippen molar-refractivity contribution in [2.75, 3.05) is 31.2 Å². The Bertz CT molecular complexity index is 412. The first-order valence-corrected chi connectivity index (χ1v) is 5.82. The molecule has 1 aromatic heterocycles. The number of ether oxygens (including phenoxy) is 1. The lowest BCUT2D eigenvalue weighted by Crippen LogP contribution is -2.29. The Labute approximate surface area is 105 Å². The fourth-order valence-electron chi connectivity index (χ4n) is 1.55. The van der Waals surface area contributed by atoms with E-state index in [4.69, 9.17) is 9.84 Å². The van der Waals surface area contributed by atoms with Gasteiger partial charge in [0.15, 0.2) is 11.6 Å². The minimum absolute atomic E-state index is 0.0529. The van der Waals surface area contributed by atoms with Crippen LogP contribution >= 0.6 is 0 Å². The first-order chi connectivity index (χ1) is 8.61. The molecule has 6 heteroatoms. The van der Waals surface area contributed by atoms with Crippen LogP contribution in [0.1, 0.15) is 24.2 Å². The van der Waals surface area contributed by atoms with Crippen LogP contribution in [0.15, 0.2) is 12.3 Å². The van der Waals surface area contributed by atoms with E-state index in [-0.39, 0.29) is 11.4 Å². The fourth-order valence-corrected chi connectivity index (χ4v) is 1.55. The Morgan fingerprint density at radius 3 is 2.83 bits per heavy atom. The molecular formula is C12H17FN2O3. The molecule has 0 amide bonds. The Morgan fingerprint density at radius 2 is 2.28 bits per heavy atom. The third-order valence-electron chi connectivity index (χ3n) is 2.49. The van der Waals surface area contributed by atoms with Crippen LogP contribution in [0.4, 0.5) is 10.2 Å². The molecule has 1 N–H and O–H groups in total. The second-order valence-corrected chi connectivity index (χ2v) is 3.58. The number of aromatic nitrogens is 1. The monoisotopic (exact) mass is 256 g/mol. The van der Waals surface area contributed by atoms with Crippen molar-refractivity contribution < 1.29 is 19.0 Å². The molecule has 0 atom stereocenters. The second kappa shape index (κ2) is 6.90. The molecule has 0 bridgehead atoms. The maximum absolute atomic E-state index is 13.9. The number of carboxylic acids is 1. The van der Waals surface area contributed by atoms with Crippen LogP contribution in [0.5, 0.6) is 0 Å². The molecule has 0 radical (unpaired) electrons. The van der Waals surface area contributed by atoms with Crippen LogP contribution in [0.3, 0.4) is 0 Å². The molecular weight excluding hydrogens is 239 g/mol. The lowest BCUT2D eigenvalue weighted by molar-refractivity contribution is 0.0691. The summed E-state index contributed by atoms with van der Waals surface area (Å²) in [5.41, 5.74) is -0.366. The van der Waals surface area contributed by atoms with E-state index in [1.165, 1.54) is 6.20 Å². The zero-order valence-electron chi connectivity index (χ0n) is 10.5. The van der Waals surface area contributed by atoms with Crippen LogP contribution < -0.4 is 4.90 Å². The molecule has 0 saturated heterocycles. The predicted molar refractivity (Wildman–Crippen MR) is 65.5 cm³/mol. The highest BCUT2D eigenvalue weighted by molar-refractivity contribution is 5.88. The number of anilines is 1. The van der Waals surface area contributed by atoms with Crippen LogP contribution in [-0.2, 0) is 4.74 Å². The van der Waals surface area contributed by atoms with Crippen molar-refractivity contribution in [2.45, 2.75) is 13.8 Å². The molecule has 0 aliphatic rings. The number of rotatable bonds is 7. The van der Waals surface area contributed by atoms with Crippen molar-refractivity contribution in [3.8, 4) is 0 Å². The third kappa shape index (κ3) is 3.40. The molecule has 1 rings (SSSR count). The first kappa shape index (κ1) is 14.4. The summed E-state index contributed by atoms with van der Waals surface area (Å²) in [6.45, 7) is 5.75. The topological polar surface area (TPSA) is 62.7 Å². The largest absolute Gasteiger partial charge is 0.478 e. The van der Waals surface area contributed by atoms with Crippen molar-refractivity contribution in [2.24, 2.45) is 0 Å². The van der Waals surface area contributed by atoms with E-state index in [1.54, 1.807) is 4.90 Å². The number of likely N-dealkylation sites (N-methyl/N-ethyl adjacent to an activating group) is 1. The molecule has 0 aliphatic heterocycles. The number of halogens is 1. The van der Waals surface area contributed by atoms with Crippen molar-refractivity contribution >= 4 is 11.8 Å². The lowest BCUT2D eigenvalue weighted by atomic mass is 10.2. The maximum atomic E-state index is 13.9. The highest BCUT2D eigenvalue weighted by Gasteiger charge is 2.18. The van der Waals surface area contributed by atoms with Gasteiger partial charge in [0.05, 0.1) is 6.61 Å². The van der Waals surface area contributed by atoms with Crippen molar-refractivity contribution in [3.05, 3.63) is 23.6 Å². The zero-order valence-corrected chi connectivity index (χ0v) is 10.5. The fraction of sp³-hybridized carbons (Fsp3) is 0.500. The van der Waals surface area contributed by atoms with E-state index in [2.05, 4.69) is 4.98 Å². The molecule has 1 aromatic rings. The molecule has 18 heavy (non-hydrogen) atoms. The van der Waals surface area contributed by atoms with E-state index in [0.29, 0.717) is 26.3 Å². The number of nitrogens with zero attached hydrogens (tertiary/aromatic N) is 2. The van der Waals surface area contributed by atoms with Gasteiger partial charge in [-0.1, -0.05) is 0 Å². The number of carbonyl (C=O) groups is 1. The van der Waals surface area contributed by atoms with Crippen molar-refractivity contribution in [3.63, 3.8) is 0 Å². The van der Waals surface area contributed by atoms with Gasteiger partial charge in [-0.3, -0.25) is 0 Å². The Balaban J connectivity index is 2.92. The minimum atomic E-state index is -1.29. The van der Waals surface area contributed by atoms with Gasteiger partial charge in [0.25, 0.3) is 0 Å².